The third kappa shape index (κ3) is 12.9. The van der Waals surface area contributed by atoms with Crippen LogP contribution in [0.1, 0.15) is 5.56 Å². The molecule has 0 aliphatic carbocycles. The molecule has 5 aromatic rings. The molecule has 5 aromatic carbocycles. The van der Waals surface area contributed by atoms with Crippen molar-refractivity contribution in [2.24, 2.45) is 0 Å². The van der Waals surface area contributed by atoms with Crippen molar-refractivity contribution >= 4 is 69.9 Å². The van der Waals surface area contributed by atoms with E-state index in [4.69, 9.17) is 95.9 Å². The number of esters is 2. The minimum atomic E-state index is -0.670. The van der Waals surface area contributed by atoms with Crippen LogP contribution in [-0.4, -0.2) is 51.6 Å². The van der Waals surface area contributed by atoms with Crippen molar-refractivity contribution in [3.8, 4) is 46.0 Å². The van der Waals surface area contributed by atoms with Crippen LogP contribution in [0.2, 0.25) is 25.1 Å². The second kappa shape index (κ2) is 20.3. The molecule has 54 heavy (non-hydrogen) atoms. The lowest BCUT2D eigenvalue weighted by atomic mass is 10.2. The van der Waals surface area contributed by atoms with Gasteiger partial charge in [-0.1, -0.05) is 64.1 Å². The van der Waals surface area contributed by atoms with Gasteiger partial charge in [-0.2, -0.15) is 0 Å². The Kier molecular flexibility index (Phi) is 15.4. The van der Waals surface area contributed by atoms with E-state index < -0.39 is 11.9 Å². The van der Waals surface area contributed by atoms with Crippen molar-refractivity contribution in [1.29, 1.82) is 0 Å². The maximum Gasteiger partial charge on any atom is 0.337 e. The van der Waals surface area contributed by atoms with Crippen molar-refractivity contribution < 1.29 is 47.5 Å². The maximum absolute atomic E-state index is 12.5. The lowest BCUT2D eigenvalue weighted by Crippen LogP contribution is -2.18. The van der Waals surface area contributed by atoms with Crippen LogP contribution >= 0.6 is 58.0 Å². The summed E-state index contributed by atoms with van der Waals surface area (Å²) in [4.78, 5) is 24.9. The van der Waals surface area contributed by atoms with Gasteiger partial charge in [-0.15, -0.1) is 0 Å². The Labute approximate surface area is 336 Å². The zero-order chi connectivity index (χ0) is 38.5. The van der Waals surface area contributed by atoms with Gasteiger partial charge in [-0.3, -0.25) is 0 Å². The number of hydrogen-bond acceptors (Lipinski definition) is 10. The van der Waals surface area contributed by atoms with E-state index in [9.17, 15) is 9.59 Å². The van der Waals surface area contributed by atoms with Crippen molar-refractivity contribution in [2.45, 2.75) is 6.92 Å². The smallest absolute Gasteiger partial charge is 0.337 e. The molecular formula is C39H31Cl5O10. The number of ether oxygens (including phenoxy) is 8. The van der Waals surface area contributed by atoms with E-state index in [0.717, 1.165) is 5.56 Å². The van der Waals surface area contributed by atoms with Gasteiger partial charge in [0.15, 0.2) is 23.0 Å². The second-order valence-electron chi connectivity index (χ2n) is 11.1. The Hall–Kier alpha value is -4.39. The highest BCUT2D eigenvalue weighted by atomic mass is 35.5. The number of benzene rings is 5. The van der Waals surface area contributed by atoms with Gasteiger partial charge in [0.1, 0.15) is 49.4 Å². The fraction of sp³-hybridized carbons (Fsp3) is 0.179. The molecule has 0 atom stereocenters. The highest BCUT2D eigenvalue weighted by molar-refractivity contribution is 6.35. The van der Waals surface area contributed by atoms with Crippen molar-refractivity contribution in [2.75, 3.05) is 39.6 Å². The van der Waals surface area contributed by atoms with Crippen LogP contribution in [0.25, 0.3) is 0 Å². The summed E-state index contributed by atoms with van der Waals surface area (Å²) < 4.78 is 44.7. The molecule has 5 rings (SSSR count). The average Bonchev–Trinajstić information content (AvgIpc) is 3.13. The number of carbonyl (C=O) groups is 2. The predicted molar refractivity (Wildman–Crippen MR) is 206 cm³/mol. The number of halogens is 5. The van der Waals surface area contributed by atoms with E-state index in [0.29, 0.717) is 43.1 Å². The summed E-state index contributed by atoms with van der Waals surface area (Å²) >= 11 is 30.6. The lowest BCUT2D eigenvalue weighted by Gasteiger charge is -2.13. The molecule has 0 unspecified atom stereocenters. The number of carbonyl (C=O) groups excluding carboxylic acids is 2. The number of rotatable bonds is 18. The van der Waals surface area contributed by atoms with E-state index >= 15 is 0 Å². The van der Waals surface area contributed by atoms with Gasteiger partial charge < -0.3 is 37.9 Å². The lowest BCUT2D eigenvalue weighted by molar-refractivity contribution is -0.140. The molecule has 0 N–H and O–H groups in total. The summed E-state index contributed by atoms with van der Waals surface area (Å²) in [5.41, 5.74) is 0.973. The molecule has 10 nitrogen and oxygen atoms in total. The van der Waals surface area contributed by atoms with E-state index in [2.05, 4.69) is 0 Å². The molecule has 0 saturated carbocycles. The van der Waals surface area contributed by atoms with Gasteiger partial charge in [0, 0.05) is 27.2 Å². The molecule has 0 spiro atoms. The molecular weight excluding hydrogens is 806 g/mol. The Morgan fingerprint density at radius 3 is 1.31 bits per heavy atom. The van der Waals surface area contributed by atoms with Gasteiger partial charge in [0.25, 0.3) is 0 Å². The summed E-state index contributed by atoms with van der Waals surface area (Å²) in [5, 5.41) is 1.84. The van der Waals surface area contributed by atoms with Crippen LogP contribution in [0.4, 0.5) is 0 Å². The van der Waals surface area contributed by atoms with Crippen LogP contribution in [0.5, 0.6) is 46.0 Å². The fourth-order valence-electron chi connectivity index (χ4n) is 4.46. The Balaban J connectivity index is 0.965. The topological polar surface area (TPSA) is 108 Å². The zero-order valence-electron chi connectivity index (χ0n) is 28.5. The summed E-state index contributed by atoms with van der Waals surface area (Å²) in [7, 11) is 0. The van der Waals surface area contributed by atoms with Crippen LogP contribution in [0.3, 0.4) is 0 Å². The largest absolute Gasteiger partial charge is 0.491 e. The third-order valence-corrected chi connectivity index (χ3v) is 8.23. The molecule has 0 fully saturated rings. The van der Waals surface area contributed by atoms with Crippen molar-refractivity contribution in [3.63, 3.8) is 0 Å². The first-order chi connectivity index (χ1) is 26.0. The first-order valence-electron chi connectivity index (χ1n) is 16.1. The molecule has 0 heterocycles. The van der Waals surface area contributed by atoms with Gasteiger partial charge in [0.05, 0.1) is 23.3 Å². The summed E-state index contributed by atoms with van der Waals surface area (Å²) in [5.74, 6) is 1.22. The number of aryl methyl sites for hydroxylation is 1. The number of hydrogen-bond donors (Lipinski definition) is 0. The zero-order valence-corrected chi connectivity index (χ0v) is 32.2. The van der Waals surface area contributed by atoms with Crippen LogP contribution in [-0.2, 0) is 19.1 Å². The molecule has 0 aromatic heterocycles. The molecule has 0 saturated heterocycles. The molecule has 0 aliphatic rings. The monoisotopic (exact) mass is 834 g/mol. The van der Waals surface area contributed by atoms with Crippen LogP contribution in [0.15, 0.2) is 97.1 Å². The fourth-order valence-corrected chi connectivity index (χ4v) is 5.50. The molecule has 0 radical (unpaired) electrons. The minimum Gasteiger partial charge on any atom is -0.491 e. The van der Waals surface area contributed by atoms with E-state index in [1.807, 2.05) is 13.0 Å². The minimum absolute atomic E-state index is 0.0915. The first-order valence-corrected chi connectivity index (χ1v) is 18.0. The summed E-state index contributed by atoms with van der Waals surface area (Å²) in [6.45, 7) is 1.80. The Bertz CT molecular complexity index is 1910. The van der Waals surface area contributed by atoms with Crippen LogP contribution in [0, 0.1) is 6.92 Å². The standard InChI is InChI=1S/C39H31Cl5O10/c1-24-2-10-32(30(43)18-24)51-34-12-4-26(41)20-36(34)53-38(45)22-47-14-16-49-28-6-8-29(9-7-28)50-17-15-48-23-39(46)54-37-21-27(42)5-13-35(37)52-33-11-3-25(40)19-31(33)44/h2-13,18-21H,14-17,22-23H2,1H3. The normalized spacial score (nSPS) is 10.8. The highest BCUT2D eigenvalue weighted by Crippen LogP contribution is 2.39. The molecule has 282 valence electrons. The maximum atomic E-state index is 12.5. The van der Waals surface area contributed by atoms with Crippen molar-refractivity contribution in [1.82, 2.24) is 0 Å². The van der Waals surface area contributed by atoms with Gasteiger partial charge in [-0.05, 0) is 91.3 Å². The third-order valence-electron chi connectivity index (χ3n) is 6.94. The van der Waals surface area contributed by atoms with Gasteiger partial charge >= 0.3 is 11.9 Å². The van der Waals surface area contributed by atoms with E-state index in [1.54, 1.807) is 72.8 Å². The summed E-state index contributed by atoms with van der Waals surface area (Å²) in [6.07, 6.45) is 0. The molecule has 15 heteroatoms. The van der Waals surface area contributed by atoms with Gasteiger partial charge in [0.2, 0.25) is 0 Å². The molecule has 0 bridgehead atoms. The van der Waals surface area contributed by atoms with E-state index in [1.165, 1.54) is 18.2 Å². The molecule has 0 aliphatic heterocycles. The Morgan fingerprint density at radius 1 is 0.463 bits per heavy atom. The second-order valence-corrected chi connectivity index (χ2v) is 13.2. The quantitative estimate of drug-likeness (QED) is 0.0481. The SMILES string of the molecule is Cc1ccc(Oc2ccc(Cl)cc2OC(=O)COCCOc2ccc(OCCOCC(=O)Oc3cc(Cl)ccc3Oc3ccc(Cl)cc3Cl)cc2)c(Cl)c1. The highest BCUT2D eigenvalue weighted by Gasteiger charge is 2.16. The average molecular weight is 837 g/mol. The Morgan fingerprint density at radius 2 is 0.870 bits per heavy atom. The van der Waals surface area contributed by atoms with Crippen molar-refractivity contribution in [3.05, 3.63) is 128 Å². The first kappa shape index (κ1) is 40.8. The summed E-state index contributed by atoms with van der Waals surface area (Å²) in [6, 6.07) is 26.2. The van der Waals surface area contributed by atoms with Gasteiger partial charge in [-0.25, -0.2) is 9.59 Å². The molecule has 0 amide bonds. The van der Waals surface area contributed by atoms with Crippen LogP contribution < -0.4 is 28.4 Å². The van der Waals surface area contributed by atoms with E-state index in [-0.39, 0.29) is 67.7 Å². The predicted octanol–water partition coefficient (Wildman–Crippen LogP) is 10.8.